The number of rotatable bonds is 6. The summed E-state index contributed by atoms with van der Waals surface area (Å²) in [7, 11) is 0. The Hall–Kier alpha value is -2.19. The number of carbonyl (C=O) groups excluding carboxylic acids is 2. The summed E-state index contributed by atoms with van der Waals surface area (Å²) in [6.45, 7) is 0. The van der Waals surface area contributed by atoms with Crippen LogP contribution < -0.4 is 16.0 Å². The van der Waals surface area contributed by atoms with Crippen molar-refractivity contribution in [3.63, 3.8) is 0 Å². The van der Waals surface area contributed by atoms with E-state index in [1.54, 1.807) is 0 Å². The number of carbonyl (C=O) groups is 2. The lowest BCUT2D eigenvalue weighted by molar-refractivity contribution is -0.116. The monoisotopic (exact) mass is 424 g/mol. The minimum absolute atomic E-state index is 0.0421. The summed E-state index contributed by atoms with van der Waals surface area (Å²) in [6.07, 6.45) is 6.22. The molecule has 28 heavy (non-hydrogen) atoms. The molecule has 0 bridgehead atoms. The van der Waals surface area contributed by atoms with Gasteiger partial charge < -0.3 is 10.6 Å². The van der Waals surface area contributed by atoms with Gasteiger partial charge in [-0.1, -0.05) is 30.9 Å². The van der Waals surface area contributed by atoms with Crippen LogP contribution in [0, 0.1) is 5.82 Å². The molecule has 1 aliphatic rings. The zero-order valence-electron chi connectivity index (χ0n) is 15.3. The van der Waals surface area contributed by atoms with Crippen molar-refractivity contribution >= 4 is 45.7 Å². The van der Waals surface area contributed by atoms with Gasteiger partial charge in [-0.15, -0.1) is 11.3 Å². The molecule has 9 heteroatoms. The Balaban J connectivity index is 1.42. The number of aryl methyl sites for hydroxylation is 1. The largest absolute Gasteiger partial charge is 0.335 e. The molecule has 1 fully saturated rings. The molecule has 1 saturated carbocycles. The van der Waals surface area contributed by atoms with Crippen LogP contribution in [0.15, 0.2) is 23.6 Å². The Morgan fingerprint density at radius 2 is 2.00 bits per heavy atom. The van der Waals surface area contributed by atoms with E-state index in [4.69, 9.17) is 11.6 Å². The second-order valence-electron chi connectivity index (χ2n) is 6.75. The first-order chi connectivity index (χ1) is 13.5. The Labute approximate surface area is 171 Å². The number of halogens is 2. The van der Waals surface area contributed by atoms with Crippen LogP contribution in [0.5, 0.6) is 0 Å². The van der Waals surface area contributed by atoms with Gasteiger partial charge in [-0.05, 0) is 37.5 Å². The van der Waals surface area contributed by atoms with Gasteiger partial charge in [0.25, 0.3) is 0 Å². The van der Waals surface area contributed by atoms with Crippen molar-refractivity contribution in [1.29, 1.82) is 0 Å². The normalized spacial score (nSPS) is 14.5. The average Bonchev–Trinajstić information content (AvgIpc) is 3.11. The first kappa shape index (κ1) is 20.5. The molecule has 3 N–H and O–H groups in total. The Morgan fingerprint density at radius 3 is 2.75 bits per heavy atom. The lowest BCUT2D eigenvalue weighted by atomic mass is 9.96. The van der Waals surface area contributed by atoms with Crippen LogP contribution in [0.2, 0.25) is 5.02 Å². The van der Waals surface area contributed by atoms with Crippen molar-refractivity contribution in [2.24, 2.45) is 0 Å². The van der Waals surface area contributed by atoms with E-state index in [0.29, 0.717) is 17.2 Å². The van der Waals surface area contributed by atoms with Crippen LogP contribution >= 0.6 is 22.9 Å². The minimum Gasteiger partial charge on any atom is -0.335 e. The molecule has 0 radical (unpaired) electrons. The maximum absolute atomic E-state index is 13.1. The van der Waals surface area contributed by atoms with Gasteiger partial charge in [0.1, 0.15) is 5.82 Å². The van der Waals surface area contributed by atoms with E-state index in [1.165, 1.54) is 36.0 Å². The Kier molecular flexibility index (Phi) is 7.22. The molecular formula is C19H22ClFN4O2S. The molecule has 0 atom stereocenters. The highest BCUT2D eigenvalue weighted by Crippen LogP contribution is 2.21. The Bertz CT molecular complexity index is 839. The van der Waals surface area contributed by atoms with Crippen LogP contribution in [0.25, 0.3) is 0 Å². The summed E-state index contributed by atoms with van der Waals surface area (Å²) >= 11 is 7.03. The topological polar surface area (TPSA) is 83.1 Å². The predicted molar refractivity (Wildman–Crippen MR) is 110 cm³/mol. The summed E-state index contributed by atoms with van der Waals surface area (Å²) in [5, 5.41) is 10.7. The predicted octanol–water partition coefficient (Wildman–Crippen LogP) is 4.96. The SMILES string of the molecule is O=C(CCc1csc(NC(=O)NC2CCCCC2)n1)Nc1ccc(F)c(Cl)c1. The van der Waals surface area contributed by atoms with Crippen LogP contribution in [-0.2, 0) is 11.2 Å². The first-order valence-electron chi connectivity index (χ1n) is 9.26. The molecule has 3 amide bonds. The number of thiazole rings is 1. The second kappa shape index (κ2) is 9.84. The molecule has 150 valence electrons. The molecule has 1 aromatic heterocycles. The van der Waals surface area contributed by atoms with Gasteiger partial charge in [0, 0.05) is 23.5 Å². The van der Waals surface area contributed by atoms with E-state index in [0.717, 1.165) is 31.4 Å². The van der Waals surface area contributed by atoms with Crippen molar-refractivity contribution < 1.29 is 14.0 Å². The van der Waals surface area contributed by atoms with E-state index >= 15 is 0 Å². The highest BCUT2D eigenvalue weighted by molar-refractivity contribution is 7.13. The van der Waals surface area contributed by atoms with Crippen molar-refractivity contribution in [1.82, 2.24) is 10.3 Å². The molecular weight excluding hydrogens is 403 g/mol. The van der Waals surface area contributed by atoms with E-state index in [-0.39, 0.29) is 29.4 Å². The van der Waals surface area contributed by atoms with Gasteiger partial charge in [-0.25, -0.2) is 14.2 Å². The van der Waals surface area contributed by atoms with Crippen molar-refractivity contribution in [2.75, 3.05) is 10.6 Å². The van der Waals surface area contributed by atoms with E-state index in [9.17, 15) is 14.0 Å². The third kappa shape index (κ3) is 6.17. The van der Waals surface area contributed by atoms with Crippen LogP contribution in [0.1, 0.15) is 44.2 Å². The van der Waals surface area contributed by atoms with Crippen molar-refractivity contribution in [3.8, 4) is 0 Å². The highest BCUT2D eigenvalue weighted by atomic mass is 35.5. The molecule has 3 rings (SSSR count). The smallest absolute Gasteiger partial charge is 0.321 e. The number of aromatic nitrogens is 1. The molecule has 0 saturated heterocycles. The maximum Gasteiger partial charge on any atom is 0.321 e. The molecule has 1 aromatic carbocycles. The Morgan fingerprint density at radius 1 is 1.21 bits per heavy atom. The van der Waals surface area contributed by atoms with Crippen LogP contribution in [0.3, 0.4) is 0 Å². The molecule has 2 aromatic rings. The minimum atomic E-state index is -0.533. The van der Waals surface area contributed by atoms with Gasteiger partial charge in [-0.2, -0.15) is 0 Å². The summed E-state index contributed by atoms with van der Waals surface area (Å²) < 4.78 is 13.1. The molecule has 0 aliphatic heterocycles. The van der Waals surface area contributed by atoms with Crippen molar-refractivity contribution in [3.05, 3.63) is 40.1 Å². The third-order valence-electron chi connectivity index (χ3n) is 4.52. The summed E-state index contributed by atoms with van der Waals surface area (Å²) in [5.74, 6) is -0.755. The van der Waals surface area contributed by atoms with E-state index in [1.807, 2.05) is 5.38 Å². The zero-order valence-corrected chi connectivity index (χ0v) is 16.8. The van der Waals surface area contributed by atoms with Gasteiger partial charge in [-0.3, -0.25) is 10.1 Å². The molecule has 0 unspecified atom stereocenters. The van der Waals surface area contributed by atoms with Crippen LogP contribution in [0.4, 0.5) is 20.0 Å². The number of hydrogen-bond donors (Lipinski definition) is 3. The molecule has 0 spiro atoms. The second-order valence-corrected chi connectivity index (χ2v) is 8.02. The summed E-state index contributed by atoms with van der Waals surface area (Å²) in [5.41, 5.74) is 1.17. The lowest BCUT2D eigenvalue weighted by Gasteiger charge is -2.22. The number of urea groups is 1. The zero-order chi connectivity index (χ0) is 19.9. The fourth-order valence-electron chi connectivity index (χ4n) is 3.08. The fourth-order valence-corrected chi connectivity index (χ4v) is 4.00. The van der Waals surface area contributed by atoms with Gasteiger partial charge in [0.15, 0.2) is 5.13 Å². The van der Waals surface area contributed by atoms with Crippen LogP contribution in [-0.4, -0.2) is 23.0 Å². The fraction of sp³-hybridized carbons (Fsp3) is 0.421. The summed E-state index contributed by atoms with van der Waals surface area (Å²) in [6, 6.07) is 4.02. The number of nitrogens with zero attached hydrogens (tertiary/aromatic N) is 1. The van der Waals surface area contributed by atoms with Gasteiger partial charge in [0.05, 0.1) is 10.7 Å². The third-order valence-corrected chi connectivity index (χ3v) is 5.62. The number of anilines is 2. The van der Waals surface area contributed by atoms with E-state index in [2.05, 4.69) is 20.9 Å². The standard InChI is InChI=1S/C19H22ClFN4O2S/c20-15-10-13(6-8-16(15)21)22-17(26)9-7-14-11-28-19(24-14)25-18(27)23-12-4-2-1-3-5-12/h6,8,10-12H,1-5,7,9H2,(H,22,26)(H2,23,24,25,27). The molecule has 6 nitrogen and oxygen atoms in total. The molecule has 1 heterocycles. The maximum atomic E-state index is 13.1. The average molecular weight is 425 g/mol. The quantitative estimate of drug-likeness (QED) is 0.612. The lowest BCUT2D eigenvalue weighted by Crippen LogP contribution is -2.38. The van der Waals surface area contributed by atoms with E-state index < -0.39 is 5.82 Å². The number of benzene rings is 1. The van der Waals surface area contributed by atoms with Gasteiger partial charge in [0.2, 0.25) is 5.91 Å². The first-order valence-corrected chi connectivity index (χ1v) is 10.5. The molecule has 1 aliphatic carbocycles. The number of amides is 3. The number of nitrogens with one attached hydrogen (secondary N) is 3. The van der Waals surface area contributed by atoms with Gasteiger partial charge >= 0.3 is 6.03 Å². The summed E-state index contributed by atoms with van der Waals surface area (Å²) in [4.78, 5) is 28.4. The highest BCUT2D eigenvalue weighted by Gasteiger charge is 2.16. The number of hydrogen-bond acceptors (Lipinski definition) is 4. The van der Waals surface area contributed by atoms with Crippen molar-refractivity contribution in [2.45, 2.75) is 51.0 Å².